The molecule has 0 aliphatic carbocycles. The molecule has 0 aliphatic rings. The van der Waals surface area contributed by atoms with Crippen LogP contribution in [0.3, 0.4) is 0 Å². The Labute approximate surface area is 180 Å². The normalized spacial score (nSPS) is 10.9. The number of nitro groups is 1. The molecule has 3 rings (SSSR count). The minimum Gasteiger partial charge on any atom is -0.465 e. The number of amides is 1. The number of nitrogens with one attached hydrogen (secondary N) is 1. The standard InChI is InChI=1S/C21H18N2O5S2/c1-12-4-5-13(2)15(10-12)16-11-29-20(19(16)21(25)28-3)22-17(24)8-6-14-7-9-18(30-14)23(26)27/h4-11H,1-3H3,(H,22,24)/b8-6+. The van der Waals surface area contributed by atoms with Crippen LogP contribution >= 0.6 is 22.7 Å². The molecule has 0 bridgehead atoms. The van der Waals surface area contributed by atoms with Crippen molar-refractivity contribution in [3.05, 3.63) is 73.5 Å². The first-order chi connectivity index (χ1) is 14.3. The predicted octanol–water partition coefficient (Wildman–Crippen LogP) is 5.44. The van der Waals surface area contributed by atoms with Crippen molar-refractivity contribution < 1.29 is 19.2 Å². The molecule has 1 N–H and O–H groups in total. The Hall–Kier alpha value is -3.30. The van der Waals surface area contributed by atoms with E-state index in [1.165, 1.54) is 36.7 Å². The predicted molar refractivity (Wildman–Crippen MR) is 119 cm³/mol. The monoisotopic (exact) mass is 442 g/mol. The molecule has 2 heterocycles. The lowest BCUT2D eigenvalue weighted by Crippen LogP contribution is -2.11. The van der Waals surface area contributed by atoms with E-state index in [-0.39, 0.29) is 5.00 Å². The maximum absolute atomic E-state index is 12.5. The highest BCUT2D eigenvalue weighted by Crippen LogP contribution is 2.38. The van der Waals surface area contributed by atoms with Crippen molar-refractivity contribution in [2.75, 3.05) is 12.4 Å². The fourth-order valence-electron chi connectivity index (χ4n) is 2.82. The number of thiophene rings is 2. The highest BCUT2D eigenvalue weighted by Gasteiger charge is 2.23. The summed E-state index contributed by atoms with van der Waals surface area (Å²) in [5, 5.41) is 15.7. The summed E-state index contributed by atoms with van der Waals surface area (Å²) in [6.07, 6.45) is 2.76. The summed E-state index contributed by atoms with van der Waals surface area (Å²) >= 11 is 2.20. The highest BCUT2D eigenvalue weighted by atomic mass is 32.1. The Kier molecular flexibility index (Phi) is 6.43. The molecule has 30 heavy (non-hydrogen) atoms. The number of carbonyl (C=O) groups excluding carboxylic acids is 2. The van der Waals surface area contributed by atoms with Crippen molar-refractivity contribution in [2.45, 2.75) is 13.8 Å². The van der Waals surface area contributed by atoms with Crippen LogP contribution in [0, 0.1) is 24.0 Å². The second-order valence-electron chi connectivity index (χ2n) is 6.42. The zero-order valence-electron chi connectivity index (χ0n) is 16.4. The molecule has 0 atom stereocenters. The van der Waals surface area contributed by atoms with Gasteiger partial charge < -0.3 is 10.1 Å². The zero-order chi connectivity index (χ0) is 21.8. The van der Waals surface area contributed by atoms with Crippen molar-refractivity contribution in [3.8, 4) is 11.1 Å². The van der Waals surface area contributed by atoms with Crippen LogP contribution in [-0.4, -0.2) is 23.9 Å². The van der Waals surface area contributed by atoms with Crippen molar-refractivity contribution in [1.29, 1.82) is 0 Å². The third kappa shape index (κ3) is 4.64. The number of hydrogen-bond acceptors (Lipinski definition) is 7. The molecule has 0 unspecified atom stereocenters. The Bertz CT molecular complexity index is 1160. The number of rotatable bonds is 6. The summed E-state index contributed by atoms with van der Waals surface area (Å²) in [7, 11) is 1.29. The third-order valence-corrected chi connectivity index (χ3v) is 6.19. The molecular weight excluding hydrogens is 424 g/mol. The van der Waals surface area contributed by atoms with E-state index in [4.69, 9.17) is 4.74 Å². The first-order valence-corrected chi connectivity index (χ1v) is 10.5. The van der Waals surface area contributed by atoms with E-state index in [1.807, 2.05) is 37.4 Å². The lowest BCUT2D eigenvalue weighted by atomic mass is 9.97. The average Bonchev–Trinajstić information content (AvgIpc) is 3.35. The lowest BCUT2D eigenvalue weighted by molar-refractivity contribution is -0.380. The van der Waals surface area contributed by atoms with Crippen LogP contribution in [0.5, 0.6) is 0 Å². The second kappa shape index (κ2) is 9.02. The van der Waals surface area contributed by atoms with Gasteiger partial charge in [-0.1, -0.05) is 35.1 Å². The number of hydrogen-bond donors (Lipinski definition) is 1. The molecule has 3 aromatic rings. The zero-order valence-corrected chi connectivity index (χ0v) is 18.1. The average molecular weight is 443 g/mol. The molecule has 0 aliphatic heterocycles. The van der Waals surface area contributed by atoms with Gasteiger partial charge in [-0.15, -0.1) is 11.3 Å². The summed E-state index contributed by atoms with van der Waals surface area (Å²) in [6.45, 7) is 3.92. The van der Waals surface area contributed by atoms with Gasteiger partial charge in [0.25, 0.3) is 0 Å². The van der Waals surface area contributed by atoms with Crippen LogP contribution in [0.4, 0.5) is 10.0 Å². The SMILES string of the molecule is COC(=O)c1c(-c2cc(C)ccc2C)csc1NC(=O)/C=C/c1ccc([N+](=O)[O-])s1. The van der Waals surface area contributed by atoms with Gasteiger partial charge in [0.2, 0.25) is 5.91 Å². The molecule has 0 spiro atoms. The van der Waals surface area contributed by atoms with Crippen molar-refractivity contribution >= 4 is 50.6 Å². The molecule has 0 saturated carbocycles. The molecule has 1 aromatic carbocycles. The highest BCUT2D eigenvalue weighted by molar-refractivity contribution is 7.16. The van der Waals surface area contributed by atoms with Crippen molar-refractivity contribution in [2.24, 2.45) is 0 Å². The van der Waals surface area contributed by atoms with Gasteiger partial charge in [0.15, 0.2) is 0 Å². The van der Waals surface area contributed by atoms with Gasteiger partial charge in [-0.05, 0) is 37.1 Å². The Morgan fingerprint density at radius 1 is 1.17 bits per heavy atom. The van der Waals surface area contributed by atoms with E-state index in [2.05, 4.69) is 5.32 Å². The van der Waals surface area contributed by atoms with Crippen LogP contribution < -0.4 is 5.32 Å². The van der Waals surface area contributed by atoms with Crippen LogP contribution in [-0.2, 0) is 9.53 Å². The Morgan fingerprint density at radius 3 is 2.60 bits per heavy atom. The maximum Gasteiger partial charge on any atom is 0.341 e. The van der Waals surface area contributed by atoms with E-state index < -0.39 is 16.8 Å². The summed E-state index contributed by atoms with van der Waals surface area (Å²) in [5.74, 6) is -0.995. The fraction of sp³-hybridized carbons (Fsp3) is 0.143. The third-order valence-electron chi connectivity index (χ3n) is 4.29. The van der Waals surface area contributed by atoms with Gasteiger partial charge in [-0.25, -0.2) is 4.79 Å². The van der Waals surface area contributed by atoms with Gasteiger partial charge in [0.05, 0.1) is 12.0 Å². The quantitative estimate of drug-likeness (QED) is 0.237. The molecule has 9 heteroatoms. The van der Waals surface area contributed by atoms with Crippen LogP contribution in [0.1, 0.15) is 26.4 Å². The first kappa shape index (κ1) is 21.4. The first-order valence-electron chi connectivity index (χ1n) is 8.81. The molecule has 7 nitrogen and oxygen atoms in total. The number of nitrogens with zero attached hydrogens (tertiary/aromatic N) is 1. The second-order valence-corrected chi connectivity index (χ2v) is 8.39. The number of aryl methyl sites for hydroxylation is 2. The molecule has 154 valence electrons. The van der Waals surface area contributed by atoms with Crippen LogP contribution in [0.2, 0.25) is 0 Å². The summed E-state index contributed by atoms with van der Waals surface area (Å²) in [6, 6.07) is 8.90. The number of esters is 1. The number of ether oxygens (including phenoxy) is 1. The topological polar surface area (TPSA) is 98.5 Å². The van der Waals surface area contributed by atoms with E-state index in [1.54, 1.807) is 6.07 Å². The van der Waals surface area contributed by atoms with E-state index in [0.717, 1.165) is 28.0 Å². The van der Waals surface area contributed by atoms with Gasteiger partial charge in [-0.2, -0.15) is 0 Å². The van der Waals surface area contributed by atoms with E-state index >= 15 is 0 Å². The van der Waals surface area contributed by atoms with Gasteiger partial charge in [0, 0.05) is 28.0 Å². The number of carbonyl (C=O) groups is 2. The lowest BCUT2D eigenvalue weighted by Gasteiger charge is -2.09. The summed E-state index contributed by atoms with van der Waals surface area (Å²) < 4.78 is 4.94. The largest absolute Gasteiger partial charge is 0.465 e. The Morgan fingerprint density at radius 2 is 1.93 bits per heavy atom. The van der Waals surface area contributed by atoms with Crippen LogP contribution in [0.25, 0.3) is 17.2 Å². The number of methoxy groups -OCH3 is 1. The van der Waals surface area contributed by atoms with Crippen molar-refractivity contribution in [1.82, 2.24) is 0 Å². The number of anilines is 1. The maximum atomic E-state index is 12.5. The Balaban J connectivity index is 1.88. The minimum absolute atomic E-state index is 0.000501. The smallest absolute Gasteiger partial charge is 0.341 e. The van der Waals surface area contributed by atoms with E-state index in [9.17, 15) is 19.7 Å². The fourth-order valence-corrected chi connectivity index (χ4v) is 4.50. The van der Waals surface area contributed by atoms with E-state index in [0.29, 0.717) is 21.0 Å². The van der Waals surface area contributed by atoms with Gasteiger partial charge in [-0.3, -0.25) is 14.9 Å². The minimum atomic E-state index is -0.541. The van der Waals surface area contributed by atoms with Gasteiger partial charge >= 0.3 is 11.0 Å². The van der Waals surface area contributed by atoms with Crippen LogP contribution in [0.15, 0.2) is 41.8 Å². The molecular formula is C21H18N2O5S2. The molecule has 2 aromatic heterocycles. The van der Waals surface area contributed by atoms with Gasteiger partial charge in [0.1, 0.15) is 10.6 Å². The molecule has 1 amide bonds. The molecule has 0 saturated heterocycles. The summed E-state index contributed by atoms with van der Waals surface area (Å²) in [5.41, 5.74) is 3.94. The molecule has 0 radical (unpaired) electrons. The summed E-state index contributed by atoms with van der Waals surface area (Å²) in [4.78, 5) is 35.7. The van der Waals surface area contributed by atoms with Crippen molar-refractivity contribution in [3.63, 3.8) is 0 Å². The number of benzene rings is 1. The molecule has 0 fully saturated rings.